The maximum atomic E-state index is 11.9. The highest BCUT2D eigenvalue weighted by Crippen LogP contribution is 2.25. The van der Waals surface area contributed by atoms with Crippen LogP contribution >= 0.6 is 0 Å². The Morgan fingerprint density at radius 3 is 3.22 bits per heavy atom. The van der Waals surface area contributed by atoms with Crippen molar-refractivity contribution in [2.24, 2.45) is 5.16 Å². The molecular weight excluding hydrogens is 230 g/mol. The molecule has 1 aromatic heterocycles. The minimum absolute atomic E-state index is 0.0207. The molecule has 5 heteroatoms. The minimum atomic E-state index is -0.0207. The van der Waals surface area contributed by atoms with Gasteiger partial charge in [-0.3, -0.25) is 4.79 Å². The van der Waals surface area contributed by atoms with Crippen LogP contribution < -0.4 is 5.32 Å². The topological polar surface area (TPSA) is 55.6 Å². The summed E-state index contributed by atoms with van der Waals surface area (Å²) in [5, 5.41) is 7.69. The standard InChI is InChI=1S/C13H13N3O2/c1-18-15-7-9-8-16-6-5-14-13(17)11-4-2-3-10(9)12(11)16/h2-4,7-8H,5-6H2,1H3,(H,14,17)/b15-7+. The van der Waals surface area contributed by atoms with Crippen LogP contribution in [0.15, 0.2) is 29.6 Å². The number of nitrogens with one attached hydrogen (secondary N) is 1. The summed E-state index contributed by atoms with van der Waals surface area (Å²) in [5.41, 5.74) is 2.63. The van der Waals surface area contributed by atoms with Gasteiger partial charge in [-0.1, -0.05) is 17.3 Å². The summed E-state index contributed by atoms with van der Waals surface area (Å²) in [7, 11) is 1.51. The highest BCUT2D eigenvalue weighted by atomic mass is 16.6. The largest absolute Gasteiger partial charge is 0.399 e. The fraction of sp³-hybridized carbons (Fsp3) is 0.231. The van der Waals surface area contributed by atoms with E-state index in [1.165, 1.54) is 7.11 Å². The number of nitrogens with zero attached hydrogens (tertiary/aromatic N) is 2. The fourth-order valence-electron chi connectivity index (χ4n) is 2.34. The predicted molar refractivity (Wildman–Crippen MR) is 68.9 cm³/mol. The molecule has 0 saturated carbocycles. The fourth-order valence-corrected chi connectivity index (χ4v) is 2.34. The Hall–Kier alpha value is -2.30. The summed E-state index contributed by atoms with van der Waals surface area (Å²) in [6.45, 7) is 1.40. The summed E-state index contributed by atoms with van der Waals surface area (Å²) < 4.78 is 2.08. The van der Waals surface area contributed by atoms with Crippen LogP contribution in [-0.4, -0.2) is 30.3 Å². The Kier molecular flexibility index (Phi) is 2.51. The van der Waals surface area contributed by atoms with Crippen molar-refractivity contribution in [2.45, 2.75) is 6.54 Å². The number of para-hydroxylation sites is 1. The van der Waals surface area contributed by atoms with Crippen LogP contribution in [0.1, 0.15) is 15.9 Å². The van der Waals surface area contributed by atoms with Crippen LogP contribution in [-0.2, 0) is 11.4 Å². The first-order valence-corrected chi connectivity index (χ1v) is 5.78. The molecule has 0 saturated heterocycles. The molecule has 1 N–H and O–H groups in total. The van der Waals surface area contributed by atoms with Gasteiger partial charge in [0.05, 0.1) is 17.3 Å². The molecule has 0 radical (unpaired) electrons. The van der Waals surface area contributed by atoms with E-state index in [1.54, 1.807) is 6.21 Å². The summed E-state index contributed by atoms with van der Waals surface area (Å²) in [6.07, 6.45) is 3.67. The van der Waals surface area contributed by atoms with Gasteiger partial charge in [0.1, 0.15) is 7.11 Å². The molecule has 2 aromatic rings. The van der Waals surface area contributed by atoms with Gasteiger partial charge in [0.15, 0.2) is 0 Å². The Morgan fingerprint density at radius 1 is 1.50 bits per heavy atom. The summed E-state index contributed by atoms with van der Waals surface area (Å²) in [6, 6.07) is 5.72. The smallest absolute Gasteiger partial charge is 0.253 e. The zero-order chi connectivity index (χ0) is 12.5. The Labute approximate surface area is 104 Å². The number of rotatable bonds is 2. The van der Waals surface area contributed by atoms with Crippen molar-refractivity contribution in [1.82, 2.24) is 9.88 Å². The molecule has 0 unspecified atom stereocenters. The molecule has 0 aliphatic carbocycles. The molecule has 1 aliphatic heterocycles. The quantitative estimate of drug-likeness (QED) is 0.639. The zero-order valence-electron chi connectivity index (χ0n) is 10.0. The lowest BCUT2D eigenvalue weighted by Crippen LogP contribution is -2.24. The van der Waals surface area contributed by atoms with Gasteiger partial charge in [-0.2, -0.15) is 0 Å². The normalized spacial score (nSPS) is 14.8. The molecule has 1 aromatic carbocycles. The second-order valence-corrected chi connectivity index (χ2v) is 4.15. The number of benzene rings is 1. The van der Waals surface area contributed by atoms with Crippen LogP contribution in [0.4, 0.5) is 0 Å². The number of carbonyl (C=O) groups excluding carboxylic acids is 1. The van der Waals surface area contributed by atoms with Gasteiger partial charge in [-0.05, 0) is 6.07 Å². The molecule has 5 nitrogen and oxygen atoms in total. The summed E-state index contributed by atoms with van der Waals surface area (Å²) in [5.74, 6) is -0.0207. The van der Waals surface area contributed by atoms with Crippen molar-refractivity contribution >= 4 is 23.0 Å². The van der Waals surface area contributed by atoms with E-state index in [0.717, 1.165) is 23.0 Å². The van der Waals surface area contributed by atoms with E-state index < -0.39 is 0 Å². The molecule has 0 bridgehead atoms. The van der Waals surface area contributed by atoms with E-state index >= 15 is 0 Å². The van der Waals surface area contributed by atoms with E-state index in [0.29, 0.717) is 12.1 Å². The van der Waals surface area contributed by atoms with Crippen molar-refractivity contribution in [2.75, 3.05) is 13.7 Å². The van der Waals surface area contributed by atoms with Crippen molar-refractivity contribution in [3.05, 3.63) is 35.5 Å². The van der Waals surface area contributed by atoms with Crippen molar-refractivity contribution in [1.29, 1.82) is 0 Å². The third-order valence-corrected chi connectivity index (χ3v) is 3.11. The average Bonchev–Trinajstić information content (AvgIpc) is 2.66. The first-order valence-electron chi connectivity index (χ1n) is 5.78. The Balaban J connectivity index is 2.29. The number of amides is 1. The Bertz CT molecular complexity index is 643. The number of hydrogen-bond acceptors (Lipinski definition) is 3. The van der Waals surface area contributed by atoms with Gasteiger partial charge >= 0.3 is 0 Å². The van der Waals surface area contributed by atoms with Crippen LogP contribution in [0, 0.1) is 0 Å². The first kappa shape index (κ1) is 10.8. The van der Waals surface area contributed by atoms with Gasteiger partial charge in [0.2, 0.25) is 0 Å². The molecule has 0 spiro atoms. The van der Waals surface area contributed by atoms with Crippen molar-refractivity contribution in [3.63, 3.8) is 0 Å². The molecule has 1 amide bonds. The van der Waals surface area contributed by atoms with E-state index in [-0.39, 0.29) is 5.91 Å². The number of oxime groups is 1. The molecule has 0 atom stereocenters. The number of aromatic nitrogens is 1. The Morgan fingerprint density at radius 2 is 2.39 bits per heavy atom. The van der Waals surface area contributed by atoms with E-state index in [4.69, 9.17) is 4.84 Å². The second kappa shape index (κ2) is 4.18. The van der Waals surface area contributed by atoms with Crippen LogP contribution in [0.5, 0.6) is 0 Å². The molecule has 18 heavy (non-hydrogen) atoms. The van der Waals surface area contributed by atoms with E-state index in [2.05, 4.69) is 15.0 Å². The lowest BCUT2D eigenvalue weighted by atomic mass is 10.1. The van der Waals surface area contributed by atoms with Gasteiger partial charge in [-0.15, -0.1) is 0 Å². The third-order valence-electron chi connectivity index (χ3n) is 3.11. The molecule has 92 valence electrons. The van der Waals surface area contributed by atoms with Crippen LogP contribution in [0.25, 0.3) is 10.9 Å². The summed E-state index contributed by atoms with van der Waals surface area (Å²) >= 11 is 0. The molecular formula is C13H13N3O2. The highest BCUT2D eigenvalue weighted by Gasteiger charge is 2.18. The molecule has 2 heterocycles. The highest BCUT2D eigenvalue weighted by molar-refractivity contribution is 6.10. The van der Waals surface area contributed by atoms with E-state index in [9.17, 15) is 4.79 Å². The third kappa shape index (κ3) is 1.55. The average molecular weight is 243 g/mol. The minimum Gasteiger partial charge on any atom is -0.399 e. The monoisotopic (exact) mass is 243 g/mol. The molecule has 0 fully saturated rings. The van der Waals surface area contributed by atoms with Gasteiger partial charge in [0, 0.05) is 30.2 Å². The van der Waals surface area contributed by atoms with Crippen molar-refractivity contribution in [3.8, 4) is 0 Å². The second-order valence-electron chi connectivity index (χ2n) is 4.15. The molecule has 3 rings (SSSR count). The van der Waals surface area contributed by atoms with Crippen molar-refractivity contribution < 1.29 is 9.63 Å². The van der Waals surface area contributed by atoms with Gasteiger partial charge in [-0.25, -0.2) is 0 Å². The maximum absolute atomic E-state index is 11.9. The summed E-state index contributed by atoms with van der Waals surface area (Å²) in [4.78, 5) is 16.6. The maximum Gasteiger partial charge on any atom is 0.253 e. The van der Waals surface area contributed by atoms with Gasteiger partial charge < -0.3 is 14.7 Å². The lowest BCUT2D eigenvalue weighted by Gasteiger charge is -2.01. The predicted octanol–water partition coefficient (Wildman–Crippen LogP) is 1.36. The number of hydrogen-bond donors (Lipinski definition) is 1. The lowest BCUT2D eigenvalue weighted by molar-refractivity contribution is 0.0956. The number of carbonyl (C=O) groups is 1. The van der Waals surface area contributed by atoms with E-state index in [1.807, 2.05) is 24.4 Å². The zero-order valence-corrected chi connectivity index (χ0v) is 10.0. The molecule has 1 aliphatic rings. The SMILES string of the molecule is CO/N=C/c1cn2c3c(cccc13)C(=O)NCC2. The van der Waals surface area contributed by atoms with Gasteiger partial charge in [0.25, 0.3) is 5.91 Å². The van der Waals surface area contributed by atoms with Crippen LogP contribution in [0.3, 0.4) is 0 Å². The first-order chi connectivity index (χ1) is 8.81. The van der Waals surface area contributed by atoms with Crippen LogP contribution in [0.2, 0.25) is 0 Å².